The molecule has 0 aliphatic heterocycles. The van der Waals surface area contributed by atoms with Crippen LogP contribution in [-0.4, -0.2) is 22.1 Å². The first-order valence-electron chi connectivity index (χ1n) is 6.26. The van der Waals surface area contributed by atoms with Gasteiger partial charge in [0.05, 0.1) is 11.2 Å². The van der Waals surface area contributed by atoms with Gasteiger partial charge in [-0.05, 0) is 18.6 Å². The van der Waals surface area contributed by atoms with Crippen molar-refractivity contribution < 1.29 is 18.0 Å². The SMILES string of the molecule is NC(=O)C1(C(F)(F)F)CC1c1ccc2nc(Cl)cc(N)c2n1. The third-order valence-electron chi connectivity index (χ3n) is 3.93. The van der Waals surface area contributed by atoms with E-state index in [0.29, 0.717) is 5.52 Å². The van der Waals surface area contributed by atoms with Gasteiger partial charge < -0.3 is 11.5 Å². The van der Waals surface area contributed by atoms with Gasteiger partial charge in [0.2, 0.25) is 5.91 Å². The second-order valence-corrected chi connectivity index (χ2v) is 5.62. The number of aromatic nitrogens is 2. The van der Waals surface area contributed by atoms with Crippen LogP contribution in [-0.2, 0) is 4.79 Å². The van der Waals surface area contributed by atoms with Crippen LogP contribution < -0.4 is 11.5 Å². The normalized spacial score (nSPS) is 24.5. The number of nitrogen functional groups attached to an aromatic ring is 1. The van der Waals surface area contributed by atoms with Crippen LogP contribution in [0, 0.1) is 5.41 Å². The molecule has 1 amide bonds. The molecule has 1 fully saturated rings. The maximum atomic E-state index is 13.1. The number of amides is 1. The number of anilines is 1. The van der Waals surface area contributed by atoms with E-state index in [1.165, 1.54) is 18.2 Å². The zero-order valence-corrected chi connectivity index (χ0v) is 11.7. The molecule has 5 nitrogen and oxygen atoms in total. The largest absolute Gasteiger partial charge is 0.403 e. The van der Waals surface area contributed by atoms with Crippen LogP contribution in [0.25, 0.3) is 11.0 Å². The van der Waals surface area contributed by atoms with Crippen LogP contribution in [0.3, 0.4) is 0 Å². The van der Waals surface area contributed by atoms with Crippen molar-refractivity contribution in [3.05, 3.63) is 29.0 Å². The number of nitrogens with zero attached hydrogens (tertiary/aromatic N) is 2. The minimum atomic E-state index is -4.72. The standard InChI is InChI=1S/C13H10ClF3N4O/c14-9-3-6(18)10-8(20-9)2-1-7(21-10)5-4-12(5,11(19)22)13(15,16)17/h1-3,5H,4H2,(H2,18,20)(H2,19,22). The lowest BCUT2D eigenvalue weighted by molar-refractivity contribution is -0.191. The van der Waals surface area contributed by atoms with Crippen LogP contribution in [0.2, 0.25) is 5.15 Å². The molecule has 9 heteroatoms. The van der Waals surface area contributed by atoms with Crippen molar-refractivity contribution in [1.29, 1.82) is 0 Å². The lowest BCUT2D eigenvalue weighted by atomic mass is 10.00. The van der Waals surface area contributed by atoms with Crippen molar-refractivity contribution in [2.75, 3.05) is 5.73 Å². The summed E-state index contributed by atoms with van der Waals surface area (Å²) in [6, 6.07) is 4.21. The van der Waals surface area contributed by atoms with Crippen molar-refractivity contribution >= 4 is 34.2 Å². The molecule has 4 N–H and O–H groups in total. The monoisotopic (exact) mass is 330 g/mol. The van der Waals surface area contributed by atoms with Crippen LogP contribution in [0.15, 0.2) is 18.2 Å². The molecule has 2 aromatic heterocycles. The average Bonchev–Trinajstić information content (AvgIpc) is 3.14. The van der Waals surface area contributed by atoms with Gasteiger partial charge in [0, 0.05) is 17.7 Å². The van der Waals surface area contributed by atoms with Gasteiger partial charge in [-0.1, -0.05) is 11.6 Å². The first-order chi connectivity index (χ1) is 10.2. The third-order valence-corrected chi connectivity index (χ3v) is 4.13. The van der Waals surface area contributed by atoms with Gasteiger partial charge in [0.15, 0.2) is 5.41 Å². The summed E-state index contributed by atoms with van der Waals surface area (Å²) in [5, 5.41) is 0.160. The Hall–Kier alpha value is -2.09. The van der Waals surface area contributed by atoms with E-state index in [2.05, 4.69) is 9.97 Å². The summed E-state index contributed by atoms with van der Waals surface area (Å²) >= 11 is 5.76. The quantitative estimate of drug-likeness (QED) is 0.826. The van der Waals surface area contributed by atoms with Crippen LogP contribution in [0.5, 0.6) is 0 Å². The molecule has 0 aromatic carbocycles. The van der Waals surface area contributed by atoms with E-state index in [-0.39, 0.29) is 22.1 Å². The minimum Gasteiger partial charge on any atom is -0.397 e. The highest BCUT2D eigenvalue weighted by Crippen LogP contribution is 2.66. The number of hydrogen-bond acceptors (Lipinski definition) is 4. The Kier molecular flexibility index (Phi) is 3.00. The summed E-state index contributed by atoms with van der Waals surface area (Å²) in [6.45, 7) is 0. The predicted molar refractivity (Wildman–Crippen MR) is 74.0 cm³/mol. The van der Waals surface area contributed by atoms with E-state index in [4.69, 9.17) is 23.1 Å². The van der Waals surface area contributed by atoms with Gasteiger partial charge in [0.1, 0.15) is 10.7 Å². The van der Waals surface area contributed by atoms with Gasteiger partial charge >= 0.3 is 6.18 Å². The second kappa shape index (κ2) is 4.45. The fourth-order valence-corrected chi connectivity index (χ4v) is 2.86. The van der Waals surface area contributed by atoms with Gasteiger partial charge in [-0.15, -0.1) is 0 Å². The van der Waals surface area contributed by atoms with E-state index in [0.717, 1.165) is 0 Å². The van der Waals surface area contributed by atoms with Crippen molar-refractivity contribution in [3.8, 4) is 0 Å². The number of primary amides is 1. The number of halogens is 4. The summed E-state index contributed by atoms with van der Waals surface area (Å²) in [7, 11) is 0. The Morgan fingerprint density at radius 1 is 1.36 bits per heavy atom. The highest BCUT2D eigenvalue weighted by atomic mass is 35.5. The molecular weight excluding hydrogens is 321 g/mol. The second-order valence-electron chi connectivity index (χ2n) is 5.23. The van der Waals surface area contributed by atoms with Crippen LogP contribution in [0.4, 0.5) is 18.9 Å². The number of fused-ring (bicyclic) bond motifs is 1. The molecule has 2 aromatic rings. The lowest BCUT2D eigenvalue weighted by Crippen LogP contribution is -2.39. The predicted octanol–water partition coefficient (Wildman–Crippen LogP) is 2.39. The topological polar surface area (TPSA) is 94.9 Å². The van der Waals surface area contributed by atoms with E-state index in [9.17, 15) is 18.0 Å². The van der Waals surface area contributed by atoms with Gasteiger partial charge in [-0.2, -0.15) is 13.2 Å². The van der Waals surface area contributed by atoms with Crippen molar-refractivity contribution in [3.63, 3.8) is 0 Å². The summed E-state index contributed by atoms with van der Waals surface area (Å²) < 4.78 is 39.4. The molecular formula is C13H10ClF3N4O. The molecule has 0 bridgehead atoms. The Bertz CT molecular complexity index is 795. The molecule has 0 radical (unpaired) electrons. The molecule has 1 saturated carbocycles. The lowest BCUT2D eigenvalue weighted by Gasteiger charge is -2.17. The van der Waals surface area contributed by atoms with Crippen molar-refractivity contribution in [2.45, 2.75) is 18.5 Å². The Morgan fingerprint density at radius 2 is 2.05 bits per heavy atom. The number of carbonyl (C=O) groups excluding carboxylic acids is 1. The summed E-state index contributed by atoms with van der Waals surface area (Å²) in [5.41, 5.74) is 9.10. The number of carbonyl (C=O) groups is 1. The molecule has 0 saturated heterocycles. The fraction of sp³-hybridized carbons (Fsp3) is 0.308. The molecule has 22 heavy (non-hydrogen) atoms. The maximum absolute atomic E-state index is 13.1. The number of hydrogen-bond donors (Lipinski definition) is 2. The van der Waals surface area contributed by atoms with E-state index in [1.54, 1.807) is 0 Å². The van der Waals surface area contributed by atoms with E-state index in [1.807, 2.05) is 0 Å². The number of nitrogens with two attached hydrogens (primary N) is 2. The molecule has 2 atom stereocenters. The minimum absolute atomic E-state index is 0.111. The van der Waals surface area contributed by atoms with Crippen molar-refractivity contribution in [2.24, 2.45) is 11.1 Å². The highest BCUT2D eigenvalue weighted by molar-refractivity contribution is 6.30. The first kappa shape index (κ1) is 14.8. The fourth-order valence-electron chi connectivity index (χ4n) is 2.65. The molecule has 3 rings (SSSR count). The van der Waals surface area contributed by atoms with Crippen molar-refractivity contribution in [1.82, 2.24) is 9.97 Å². The van der Waals surface area contributed by atoms with E-state index < -0.39 is 29.8 Å². The highest BCUT2D eigenvalue weighted by Gasteiger charge is 2.75. The number of alkyl halides is 3. The summed E-state index contributed by atoms with van der Waals surface area (Å²) in [5.74, 6) is -2.50. The smallest absolute Gasteiger partial charge is 0.397 e. The van der Waals surface area contributed by atoms with Gasteiger partial charge in [-0.3, -0.25) is 4.79 Å². The van der Waals surface area contributed by atoms with Gasteiger partial charge in [0.25, 0.3) is 0 Å². The molecule has 2 heterocycles. The zero-order chi connectivity index (χ0) is 16.3. The average molecular weight is 331 g/mol. The molecule has 116 valence electrons. The Morgan fingerprint density at radius 3 is 2.59 bits per heavy atom. The zero-order valence-electron chi connectivity index (χ0n) is 11.0. The summed E-state index contributed by atoms with van der Waals surface area (Å²) in [6.07, 6.45) is -5.13. The molecule has 1 aliphatic rings. The molecule has 1 aliphatic carbocycles. The van der Waals surface area contributed by atoms with Crippen LogP contribution >= 0.6 is 11.6 Å². The molecule has 0 spiro atoms. The number of pyridine rings is 2. The number of rotatable bonds is 2. The molecule has 2 unspecified atom stereocenters. The first-order valence-corrected chi connectivity index (χ1v) is 6.64. The van der Waals surface area contributed by atoms with Gasteiger partial charge in [-0.25, -0.2) is 9.97 Å². The Balaban J connectivity index is 2.08. The van der Waals surface area contributed by atoms with Crippen LogP contribution in [0.1, 0.15) is 18.0 Å². The van der Waals surface area contributed by atoms with E-state index >= 15 is 0 Å². The maximum Gasteiger partial charge on any atom is 0.403 e. The Labute approximate surface area is 127 Å². The summed E-state index contributed by atoms with van der Waals surface area (Å²) in [4.78, 5) is 19.4. The third kappa shape index (κ3) is 1.98.